The number of carbonyl (C=O) groups excluding carboxylic acids is 1. The van der Waals surface area contributed by atoms with Crippen molar-refractivity contribution in [2.75, 3.05) is 0 Å². The minimum absolute atomic E-state index is 0.151. The summed E-state index contributed by atoms with van der Waals surface area (Å²) >= 11 is 1.64. The van der Waals surface area contributed by atoms with Gasteiger partial charge in [0, 0.05) is 23.2 Å². The topological polar surface area (TPSA) is 60.5 Å². The highest BCUT2D eigenvalue weighted by Crippen LogP contribution is 2.18. The Labute approximate surface area is 185 Å². The number of hydrogen-bond donors (Lipinski definition) is 1. The minimum Gasteiger partial charge on any atom is -0.488 e. The van der Waals surface area contributed by atoms with Gasteiger partial charge in [-0.25, -0.2) is 0 Å². The van der Waals surface area contributed by atoms with Crippen LogP contribution in [-0.4, -0.2) is 10.9 Å². The van der Waals surface area contributed by atoms with Gasteiger partial charge < -0.3 is 14.8 Å². The smallest absolute Gasteiger partial charge is 0.251 e. The average molecular weight is 431 g/mol. The summed E-state index contributed by atoms with van der Waals surface area (Å²) in [5, 5.41) is 4.97. The molecule has 0 radical (unpaired) electrons. The Kier molecular flexibility index (Phi) is 6.92. The SMILES string of the molecule is O=C(NCc1cccc(OCc2ccccn2)c1)c1cccc(OCc2cccs2)c1. The van der Waals surface area contributed by atoms with Crippen LogP contribution in [0.25, 0.3) is 0 Å². The molecule has 1 N–H and O–H groups in total. The molecule has 0 unspecified atom stereocenters. The number of nitrogens with one attached hydrogen (secondary N) is 1. The number of pyridine rings is 1. The highest BCUT2D eigenvalue weighted by atomic mass is 32.1. The number of rotatable bonds is 9. The molecule has 1 amide bonds. The normalized spacial score (nSPS) is 10.5. The molecule has 0 spiro atoms. The average Bonchev–Trinajstić information content (AvgIpc) is 3.35. The van der Waals surface area contributed by atoms with Crippen molar-refractivity contribution in [1.29, 1.82) is 0 Å². The van der Waals surface area contributed by atoms with E-state index in [0.29, 0.717) is 31.1 Å². The van der Waals surface area contributed by atoms with E-state index in [4.69, 9.17) is 9.47 Å². The fraction of sp³-hybridized carbons (Fsp3) is 0.120. The summed E-state index contributed by atoms with van der Waals surface area (Å²) in [5.41, 5.74) is 2.38. The molecule has 4 rings (SSSR count). The third kappa shape index (κ3) is 6.17. The zero-order valence-electron chi connectivity index (χ0n) is 16.9. The minimum atomic E-state index is -0.151. The molecule has 0 aliphatic carbocycles. The first-order chi connectivity index (χ1) is 15.3. The molecular formula is C25H22N2O3S. The Morgan fingerprint density at radius 3 is 2.52 bits per heavy atom. The van der Waals surface area contributed by atoms with Crippen LogP contribution in [0.4, 0.5) is 0 Å². The molecule has 5 nitrogen and oxygen atoms in total. The van der Waals surface area contributed by atoms with Gasteiger partial charge in [0.2, 0.25) is 0 Å². The van der Waals surface area contributed by atoms with E-state index in [1.165, 1.54) is 0 Å². The van der Waals surface area contributed by atoms with Crippen LogP contribution in [-0.2, 0) is 19.8 Å². The van der Waals surface area contributed by atoms with Gasteiger partial charge in [-0.3, -0.25) is 9.78 Å². The molecule has 0 fully saturated rings. The first-order valence-electron chi connectivity index (χ1n) is 9.91. The summed E-state index contributed by atoms with van der Waals surface area (Å²) in [6.45, 7) is 1.29. The Bertz CT molecular complexity index is 1110. The Hall–Kier alpha value is -3.64. The lowest BCUT2D eigenvalue weighted by Crippen LogP contribution is -2.22. The molecule has 0 aliphatic heterocycles. The van der Waals surface area contributed by atoms with E-state index in [2.05, 4.69) is 10.3 Å². The van der Waals surface area contributed by atoms with Crippen molar-refractivity contribution in [3.05, 3.63) is 112 Å². The van der Waals surface area contributed by atoms with Gasteiger partial charge >= 0.3 is 0 Å². The van der Waals surface area contributed by atoms with Crippen LogP contribution >= 0.6 is 11.3 Å². The zero-order valence-corrected chi connectivity index (χ0v) is 17.7. The largest absolute Gasteiger partial charge is 0.488 e. The number of carbonyl (C=O) groups is 1. The van der Waals surface area contributed by atoms with Crippen molar-refractivity contribution in [3.8, 4) is 11.5 Å². The van der Waals surface area contributed by atoms with Gasteiger partial charge in [0.1, 0.15) is 24.7 Å². The molecule has 0 bridgehead atoms. The highest BCUT2D eigenvalue weighted by Gasteiger charge is 2.08. The first-order valence-corrected chi connectivity index (χ1v) is 10.8. The lowest BCUT2D eigenvalue weighted by Gasteiger charge is -2.10. The van der Waals surface area contributed by atoms with Crippen molar-refractivity contribution >= 4 is 17.2 Å². The van der Waals surface area contributed by atoms with Crippen LogP contribution in [0.3, 0.4) is 0 Å². The molecule has 0 aliphatic rings. The number of hydrogen-bond acceptors (Lipinski definition) is 5. The van der Waals surface area contributed by atoms with Gasteiger partial charge in [0.25, 0.3) is 5.91 Å². The van der Waals surface area contributed by atoms with E-state index < -0.39 is 0 Å². The monoisotopic (exact) mass is 430 g/mol. The molecule has 2 heterocycles. The predicted octanol–water partition coefficient (Wildman–Crippen LogP) is 5.23. The van der Waals surface area contributed by atoms with Crippen LogP contribution in [0.5, 0.6) is 11.5 Å². The van der Waals surface area contributed by atoms with E-state index in [0.717, 1.165) is 21.9 Å². The molecule has 2 aromatic carbocycles. The molecule has 2 aromatic heterocycles. The Balaban J connectivity index is 1.30. The Morgan fingerprint density at radius 1 is 0.871 bits per heavy atom. The number of nitrogens with zero attached hydrogens (tertiary/aromatic N) is 1. The summed E-state index contributed by atoms with van der Waals surface area (Å²) < 4.78 is 11.6. The molecule has 0 saturated heterocycles. The molecule has 0 atom stereocenters. The van der Waals surface area contributed by atoms with Crippen LogP contribution < -0.4 is 14.8 Å². The van der Waals surface area contributed by atoms with E-state index in [-0.39, 0.29) is 5.91 Å². The van der Waals surface area contributed by atoms with Crippen molar-refractivity contribution in [2.45, 2.75) is 19.8 Å². The number of amides is 1. The van der Waals surface area contributed by atoms with Gasteiger partial charge in [0.05, 0.1) is 5.69 Å². The van der Waals surface area contributed by atoms with Crippen LogP contribution in [0.15, 0.2) is 90.4 Å². The van der Waals surface area contributed by atoms with Gasteiger partial charge in [-0.2, -0.15) is 0 Å². The maximum atomic E-state index is 12.6. The van der Waals surface area contributed by atoms with Gasteiger partial charge in [-0.1, -0.05) is 30.3 Å². The molecule has 31 heavy (non-hydrogen) atoms. The third-order valence-corrected chi connectivity index (χ3v) is 5.37. The number of benzene rings is 2. The van der Waals surface area contributed by atoms with E-state index in [9.17, 15) is 4.79 Å². The molecule has 4 aromatic rings. The fourth-order valence-corrected chi connectivity index (χ4v) is 3.56. The number of thiophene rings is 1. The van der Waals surface area contributed by atoms with Crippen molar-refractivity contribution in [3.63, 3.8) is 0 Å². The van der Waals surface area contributed by atoms with Crippen LogP contribution in [0, 0.1) is 0 Å². The number of ether oxygens (including phenoxy) is 2. The highest BCUT2D eigenvalue weighted by molar-refractivity contribution is 7.09. The second kappa shape index (κ2) is 10.4. The van der Waals surface area contributed by atoms with Crippen molar-refractivity contribution in [2.24, 2.45) is 0 Å². The third-order valence-electron chi connectivity index (χ3n) is 4.52. The van der Waals surface area contributed by atoms with Crippen molar-refractivity contribution < 1.29 is 14.3 Å². The van der Waals surface area contributed by atoms with Crippen LogP contribution in [0.2, 0.25) is 0 Å². The first kappa shape index (κ1) is 20.6. The summed E-state index contributed by atoms with van der Waals surface area (Å²) in [4.78, 5) is 18.0. The predicted molar refractivity (Wildman–Crippen MR) is 121 cm³/mol. The maximum absolute atomic E-state index is 12.6. The van der Waals surface area contributed by atoms with Gasteiger partial charge in [-0.15, -0.1) is 11.3 Å². The van der Waals surface area contributed by atoms with E-state index in [1.54, 1.807) is 29.7 Å². The summed E-state index contributed by atoms with van der Waals surface area (Å²) in [5.74, 6) is 1.26. The second-order valence-electron chi connectivity index (χ2n) is 6.84. The summed E-state index contributed by atoms with van der Waals surface area (Å²) in [7, 11) is 0. The second-order valence-corrected chi connectivity index (χ2v) is 7.87. The quantitative estimate of drug-likeness (QED) is 0.395. The molecule has 156 valence electrons. The van der Waals surface area contributed by atoms with Gasteiger partial charge in [-0.05, 0) is 59.5 Å². The van der Waals surface area contributed by atoms with E-state index >= 15 is 0 Å². The molecule has 0 saturated carbocycles. The zero-order chi connectivity index (χ0) is 21.3. The Morgan fingerprint density at radius 2 is 1.71 bits per heavy atom. The maximum Gasteiger partial charge on any atom is 0.251 e. The summed E-state index contributed by atoms with van der Waals surface area (Å²) in [6, 6.07) is 24.6. The van der Waals surface area contributed by atoms with E-state index in [1.807, 2.05) is 72.1 Å². The van der Waals surface area contributed by atoms with Gasteiger partial charge in [0.15, 0.2) is 0 Å². The van der Waals surface area contributed by atoms with Crippen LogP contribution in [0.1, 0.15) is 26.5 Å². The summed E-state index contributed by atoms with van der Waals surface area (Å²) in [6.07, 6.45) is 1.74. The lowest BCUT2D eigenvalue weighted by atomic mass is 10.1. The molecular weight excluding hydrogens is 408 g/mol. The molecule has 6 heteroatoms. The number of aromatic nitrogens is 1. The standard InChI is InChI=1S/C25H22N2O3S/c28-25(20-7-4-10-23(15-20)30-18-24-11-5-13-31-24)27-16-19-6-3-9-22(14-19)29-17-21-8-1-2-12-26-21/h1-15H,16-18H2,(H,27,28). The lowest BCUT2D eigenvalue weighted by molar-refractivity contribution is 0.0950. The van der Waals surface area contributed by atoms with Crippen molar-refractivity contribution in [1.82, 2.24) is 10.3 Å². The fourth-order valence-electron chi connectivity index (χ4n) is 2.95.